The molecule has 0 saturated heterocycles. The molecule has 6 heteroatoms. The lowest BCUT2D eigenvalue weighted by Gasteiger charge is -2.60. The van der Waals surface area contributed by atoms with Crippen molar-refractivity contribution >= 4 is 23.6 Å². The molecule has 4 saturated carbocycles. The van der Waals surface area contributed by atoms with Crippen LogP contribution in [0.1, 0.15) is 51.9 Å². The summed E-state index contributed by atoms with van der Waals surface area (Å²) in [7, 11) is 0. The van der Waals surface area contributed by atoms with E-state index >= 15 is 0 Å². The molecular weight excluding hydrogens is 396 g/mol. The number of amides is 1. The molecule has 5 rings (SSSR count). The van der Waals surface area contributed by atoms with E-state index in [0.29, 0.717) is 30.7 Å². The van der Waals surface area contributed by atoms with Crippen LogP contribution in [0.25, 0.3) is 0 Å². The number of esters is 1. The number of rotatable bonds is 8. The smallest absolute Gasteiger partial charge is 0.319 e. The fraction of sp³-hybridized carbons (Fsp3) is 0.625. The topological polar surface area (TPSA) is 70.4 Å². The summed E-state index contributed by atoms with van der Waals surface area (Å²) < 4.78 is 5.43. The molecule has 0 heterocycles. The molecule has 4 aliphatic rings. The molecular formula is C24H30N2O3S. The monoisotopic (exact) mass is 426 g/mol. The van der Waals surface area contributed by atoms with Crippen LogP contribution in [0.2, 0.25) is 0 Å². The Balaban J connectivity index is 1.38. The molecule has 1 amide bonds. The molecule has 1 aromatic carbocycles. The molecule has 4 bridgehead atoms. The van der Waals surface area contributed by atoms with Gasteiger partial charge in [0.25, 0.3) is 5.91 Å². The number of benzene rings is 1. The Labute approximate surface area is 183 Å². The molecule has 4 fully saturated rings. The number of nitrogens with zero attached hydrogens (tertiary/aromatic N) is 2. The standard InChI is InChI=1S/C24H30N2O3S/c1-17(30-21-6-3-2-4-7-21)23(28)29-16-22(27)26(9-5-8-25)24-13-18-10-19(14-24)12-20(11-18)15-24/h2-4,6-7,17-20H,5,9-16H2,1H3/t17-,18?,19?,20?,24?/m0/s1. The minimum atomic E-state index is -0.382. The van der Waals surface area contributed by atoms with Gasteiger partial charge in [-0.3, -0.25) is 9.59 Å². The van der Waals surface area contributed by atoms with Crippen molar-refractivity contribution in [2.45, 2.75) is 67.6 Å². The summed E-state index contributed by atoms with van der Waals surface area (Å²) in [5.74, 6) is 1.61. The first kappa shape index (κ1) is 21.2. The van der Waals surface area contributed by atoms with Crippen molar-refractivity contribution in [2.75, 3.05) is 13.2 Å². The maximum atomic E-state index is 13.2. The largest absolute Gasteiger partial charge is 0.455 e. The third-order valence-corrected chi connectivity index (χ3v) is 8.14. The molecule has 0 aliphatic heterocycles. The maximum Gasteiger partial charge on any atom is 0.319 e. The lowest BCUT2D eigenvalue weighted by molar-refractivity contribution is -0.161. The van der Waals surface area contributed by atoms with E-state index in [1.54, 1.807) is 6.92 Å². The predicted octanol–water partition coefficient (Wildman–Crippen LogP) is 4.42. The Morgan fingerprint density at radius 2 is 1.77 bits per heavy atom. The first-order chi connectivity index (χ1) is 14.5. The van der Waals surface area contributed by atoms with Crippen LogP contribution in [0.3, 0.4) is 0 Å². The van der Waals surface area contributed by atoms with Crippen molar-refractivity contribution in [3.63, 3.8) is 0 Å². The zero-order valence-corrected chi connectivity index (χ0v) is 18.4. The van der Waals surface area contributed by atoms with Gasteiger partial charge in [0.15, 0.2) is 6.61 Å². The summed E-state index contributed by atoms with van der Waals surface area (Å²) in [6, 6.07) is 11.9. The summed E-state index contributed by atoms with van der Waals surface area (Å²) in [6.07, 6.45) is 7.34. The highest BCUT2D eigenvalue weighted by Crippen LogP contribution is 2.57. The van der Waals surface area contributed by atoms with Crippen LogP contribution in [0, 0.1) is 29.1 Å². The van der Waals surface area contributed by atoms with E-state index in [-0.39, 0.29) is 29.3 Å². The van der Waals surface area contributed by atoms with Gasteiger partial charge in [0.2, 0.25) is 0 Å². The molecule has 0 aromatic heterocycles. The minimum Gasteiger partial charge on any atom is -0.455 e. The Bertz CT molecular complexity index is 784. The second kappa shape index (κ2) is 9.01. The zero-order valence-electron chi connectivity index (χ0n) is 17.6. The summed E-state index contributed by atoms with van der Waals surface area (Å²) in [5.41, 5.74) is -0.126. The van der Waals surface area contributed by atoms with Crippen molar-refractivity contribution in [2.24, 2.45) is 17.8 Å². The van der Waals surface area contributed by atoms with Crippen LogP contribution in [0.15, 0.2) is 35.2 Å². The van der Waals surface area contributed by atoms with Gasteiger partial charge in [0, 0.05) is 17.0 Å². The van der Waals surface area contributed by atoms with Crippen molar-refractivity contribution < 1.29 is 14.3 Å². The van der Waals surface area contributed by atoms with Crippen molar-refractivity contribution in [3.8, 4) is 6.07 Å². The van der Waals surface area contributed by atoms with Crippen LogP contribution >= 0.6 is 11.8 Å². The minimum absolute atomic E-state index is 0.126. The average molecular weight is 427 g/mol. The van der Waals surface area contributed by atoms with Gasteiger partial charge in [0.05, 0.1) is 12.5 Å². The SMILES string of the molecule is C[C@H](Sc1ccccc1)C(=O)OCC(=O)N(CCC#N)C12CC3CC(CC(C3)C1)C2. The van der Waals surface area contributed by atoms with Crippen LogP contribution in [0.5, 0.6) is 0 Å². The van der Waals surface area contributed by atoms with E-state index in [2.05, 4.69) is 6.07 Å². The third-order valence-electron chi connectivity index (χ3n) is 7.05. The number of thioether (sulfide) groups is 1. The molecule has 5 nitrogen and oxygen atoms in total. The summed E-state index contributed by atoms with van der Waals surface area (Å²) in [5, 5.41) is 8.75. The molecule has 0 radical (unpaired) electrons. The quantitative estimate of drug-likeness (QED) is 0.454. The third kappa shape index (κ3) is 4.51. The highest BCUT2D eigenvalue weighted by Gasteiger charge is 2.54. The summed E-state index contributed by atoms with van der Waals surface area (Å²) in [4.78, 5) is 28.6. The van der Waals surface area contributed by atoms with Gasteiger partial charge >= 0.3 is 5.97 Å². The van der Waals surface area contributed by atoms with E-state index < -0.39 is 0 Å². The van der Waals surface area contributed by atoms with Crippen molar-refractivity contribution in [3.05, 3.63) is 30.3 Å². The van der Waals surface area contributed by atoms with E-state index in [1.165, 1.54) is 31.0 Å². The fourth-order valence-corrected chi connectivity index (χ4v) is 7.15. The van der Waals surface area contributed by atoms with Crippen LogP contribution in [-0.4, -0.2) is 40.7 Å². The Morgan fingerprint density at radius 1 is 1.17 bits per heavy atom. The number of hydrogen-bond acceptors (Lipinski definition) is 5. The van der Waals surface area contributed by atoms with Gasteiger partial charge in [0.1, 0.15) is 5.25 Å². The number of carbonyl (C=O) groups is 2. The van der Waals surface area contributed by atoms with E-state index in [4.69, 9.17) is 10.00 Å². The maximum absolute atomic E-state index is 13.2. The number of nitriles is 1. The van der Waals surface area contributed by atoms with Gasteiger partial charge in [-0.2, -0.15) is 5.26 Å². The fourth-order valence-electron chi connectivity index (χ4n) is 6.26. The van der Waals surface area contributed by atoms with E-state index in [0.717, 1.165) is 24.2 Å². The van der Waals surface area contributed by atoms with Gasteiger partial charge < -0.3 is 9.64 Å². The Hall–Kier alpha value is -2.00. The molecule has 0 unspecified atom stereocenters. The molecule has 4 aliphatic carbocycles. The Kier molecular flexibility index (Phi) is 6.38. The zero-order chi connectivity index (χ0) is 21.1. The van der Waals surface area contributed by atoms with Crippen molar-refractivity contribution in [1.82, 2.24) is 4.90 Å². The lowest BCUT2D eigenvalue weighted by atomic mass is 9.52. The van der Waals surface area contributed by atoms with Crippen LogP contribution in [0.4, 0.5) is 0 Å². The van der Waals surface area contributed by atoms with Crippen LogP contribution in [-0.2, 0) is 14.3 Å². The van der Waals surface area contributed by atoms with Gasteiger partial charge in [-0.15, -0.1) is 11.8 Å². The number of hydrogen-bond donors (Lipinski definition) is 0. The lowest BCUT2D eigenvalue weighted by Crippen LogP contribution is -2.62. The van der Waals surface area contributed by atoms with Gasteiger partial charge in [-0.1, -0.05) is 18.2 Å². The molecule has 0 N–H and O–H groups in total. The second-order valence-electron chi connectivity index (χ2n) is 9.28. The normalized spacial score (nSPS) is 29.8. The number of carbonyl (C=O) groups excluding carboxylic acids is 2. The first-order valence-electron chi connectivity index (χ1n) is 11.0. The highest BCUT2D eigenvalue weighted by atomic mass is 32.2. The van der Waals surface area contributed by atoms with E-state index in [1.807, 2.05) is 35.2 Å². The molecule has 0 spiro atoms. The average Bonchev–Trinajstić information content (AvgIpc) is 2.71. The van der Waals surface area contributed by atoms with Crippen LogP contribution < -0.4 is 0 Å². The first-order valence-corrected chi connectivity index (χ1v) is 11.9. The molecule has 1 atom stereocenters. The Morgan fingerprint density at radius 3 is 2.33 bits per heavy atom. The summed E-state index contributed by atoms with van der Waals surface area (Å²) in [6.45, 7) is 2.01. The number of ether oxygens (including phenoxy) is 1. The summed E-state index contributed by atoms with van der Waals surface area (Å²) >= 11 is 1.43. The molecule has 30 heavy (non-hydrogen) atoms. The van der Waals surface area contributed by atoms with Gasteiger partial charge in [-0.25, -0.2) is 0 Å². The van der Waals surface area contributed by atoms with Gasteiger partial charge in [-0.05, 0) is 75.3 Å². The predicted molar refractivity (Wildman–Crippen MR) is 116 cm³/mol. The van der Waals surface area contributed by atoms with Crippen molar-refractivity contribution in [1.29, 1.82) is 5.26 Å². The molecule has 160 valence electrons. The molecule has 1 aromatic rings. The van der Waals surface area contributed by atoms with E-state index in [9.17, 15) is 9.59 Å². The second-order valence-corrected chi connectivity index (χ2v) is 10.7. The highest BCUT2D eigenvalue weighted by molar-refractivity contribution is 8.00.